The van der Waals surface area contributed by atoms with Crippen LogP contribution in [0.25, 0.3) is 0 Å². The van der Waals surface area contributed by atoms with E-state index in [1.54, 1.807) is 11.8 Å². The molecule has 2 N–H and O–H groups in total. The van der Waals surface area contributed by atoms with Crippen LogP contribution in [0.15, 0.2) is 12.3 Å². The molecule has 1 aromatic rings. The molecule has 0 fully saturated rings. The lowest BCUT2D eigenvalue weighted by molar-refractivity contribution is 0.187. The second kappa shape index (κ2) is 4.23. The normalized spacial score (nSPS) is 13.2. The predicted octanol–water partition coefficient (Wildman–Crippen LogP) is 0.456. The third kappa shape index (κ3) is 2.32. The van der Waals surface area contributed by atoms with Gasteiger partial charge in [0.05, 0.1) is 11.7 Å². The van der Waals surface area contributed by atoms with Gasteiger partial charge >= 0.3 is 0 Å². The molecule has 0 saturated carbocycles. The summed E-state index contributed by atoms with van der Waals surface area (Å²) in [5.74, 6) is 0. The first-order valence-corrected chi connectivity index (χ1v) is 3.98. The number of nitrogens with zero attached hydrogens (tertiary/aromatic N) is 2. The molecule has 1 heterocycles. The van der Waals surface area contributed by atoms with Crippen LogP contribution in [0.2, 0.25) is 0 Å². The Morgan fingerprint density at radius 1 is 1.75 bits per heavy atom. The minimum atomic E-state index is -0.00819. The van der Waals surface area contributed by atoms with Crippen LogP contribution in [0.1, 0.15) is 18.2 Å². The number of methoxy groups -OCH3 is 1. The Kier molecular flexibility index (Phi) is 3.25. The number of ether oxygens (including phenoxy) is 1. The molecule has 0 bridgehead atoms. The van der Waals surface area contributed by atoms with E-state index in [1.165, 1.54) is 0 Å². The standard InChI is InChI=1S/C8H15N3O/c1-11-5-3-8(10-11)7(9)4-6-12-2/h3,5,7H,4,6,9H2,1-2H3. The van der Waals surface area contributed by atoms with Crippen molar-refractivity contribution in [3.63, 3.8) is 0 Å². The number of hydrogen-bond donors (Lipinski definition) is 1. The van der Waals surface area contributed by atoms with Gasteiger partial charge in [-0.05, 0) is 12.5 Å². The van der Waals surface area contributed by atoms with Gasteiger partial charge in [0.25, 0.3) is 0 Å². The molecule has 12 heavy (non-hydrogen) atoms. The van der Waals surface area contributed by atoms with Crippen molar-refractivity contribution in [3.05, 3.63) is 18.0 Å². The summed E-state index contributed by atoms with van der Waals surface area (Å²) in [6.45, 7) is 0.678. The molecule has 1 atom stereocenters. The Bertz CT molecular complexity index is 234. The van der Waals surface area contributed by atoms with Gasteiger partial charge in [0, 0.05) is 27.0 Å². The summed E-state index contributed by atoms with van der Waals surface area (Å²) in [4.78, 5) is 0. The molecular weight excluding hydrogens is 154 g/mol. The first-order valence-electron chi connectivity index (χ1n) is 3.98. The van der Waals surface area contributed by atoms with Gasteiger partial charge in [0.2, 0.25) is 0 Å². The Morgan fingerprint density at radius 2 is 2.50 bits per heavy atom. The van der Waals surface area contributed by atoms with Crippen molar-refractivity contribution in [3.8, 4) is 0 Å². The zero-order valence-electron chi connectivity index (χ0n) is 7.53. The molecule has 4 heteroatoms. The van der Waals surface area contributed by atoms with Crippen molar-refractivity contribution in [2.45, 2.75) is 12.5 Å². The molecule has 0 aliphatic rings. The highest BCUT2D eigenvalue weighted by molar-refractivity contribution is 5.04. The number of rotatable bonds is 4. The van der Waals surface area contributed by atoms with Crippen LogP contribution in [0.4, 0.5) is 0 Å². The molecule has 1 rings (SSSR count). The van der Waals surface area contributed by atoms with Crippen molar-refractivity contribution >= 4 is 0 Å². The summed E-state index contributed by atoms with van der Waals surface area (Å²) in [5.41, 5.74) is 6.76. The Hall–Kier alpha value is -0.870. The third-order valence-electron chi connectivity index (χ3n) is 1.75. The molecular formula is C8H15N3O. The van der Waals surface area contributed by atoms with E-state index < -0.39 is 0 Å². The lowest BCUT2D eigenvalue weighted by Gasteiger charge is -2.06. The van der Waals surface area contributed by atoms with Crippen LogP contribution >= 0.6 is 0 Å². The molecule has 1 unspecified atom stereocenters. The summed E-state index contributed by atoms with van der Waals surface area (Å²) in [7, 11) is 3.55. The zero-order valence-corrected chi connectivity index (χ0v) is 7.53. The van der Waals surface area contributed by atoms with Crippen molar-refractivity contribution in [1.82, 2.24) is 9.78 Å². The summed E-state index contributed by atoms with van der Waals surface area (Å²) in [6, 6.07) is 1.92. The molecule has 0 aliphatic heterocycles. The lowest BCUT2D eigenvalue weighted by atomic mass is 10.2. The molecule has 1 aromatic heterocycles. The van der Waals surface area contributed by atoms with E-state index in [4.69, 9.17) is 10.5 Å². The van der Waals surface area contributed by atoms with Crippen LogP contribution < -0.4 is 5.73 Å². The minimum Gasteiger partial charge on any atom is -0.385 e. The van der Waals surface area contributed by atoms with Crippen LogP contribution in [-0.2, 0) is 11.8 Å². The number of hydrogen-bond acceptors (Lipinski definition) is 3. The van der Waals surface area contributed by atoms with Crippen molar-refractivity contribution in [2.24, 2.45) is 12.8 Å². The minimum absolute atomic E-state index is 0.00819. The first-order chi connectivity index (χ1) is 5.74. The number of aryl methyl sites for hydroxylation is 1. The second-order valence-corrected chi connectivity index (χ2v) is 2.80. The Morgan fingerprint density at radius 3 is 3.00 bits per heavy atom. The van der Waals surface area contributed by atoms with E-state index in [0.717, 1.165) is 12.1 Å². The molecule has 0 amide bonds. The average molecular weight is 169 g/mol. The highest BCUT2D eigenvalue weighted by Crippen LogP contribution is 2.10. The van der Waals surface area contributed by atoms with E-state index >= 15 is 0 Å². The van der Waals surface area contributed by atoms with Gasteiger partial charge in [-0.25, -0.2) is 0 Å². The molecule has 0 spiro atoms. The monoisotopic (exact) mass is 169 g/mol. The predicted molar refractivity (Wildman–Crippen MR) is 46.6 cm³/mol. The lowest BCUT2D eigenvalue weighted by Crippen LogP contribution is -2.13. The first kappa shape index (κ1) is 9.22. The number of aromatic nitrogens is 2. The van der Waals surface area contributed by atoms with Crippen molar-refractivity contribution < 1.29 is 4.74 Å². The average Bonchev–Trinajstić information content (AvgIpc) is 2.47. The smallest absolute Gasteiger partial charge is 0.0792 e. The SMILES string of the molecule is COCCC(N)c1ccn(C)n1. The summed E-state index contributed by atoms with van der Waals surface area (Å²) in [5, 5.41) is 4.20. The second-order valence-electron chi connectivity index (χ2n) is 2.80. The quantitative estimate of drug-likeness (QED) is 0.712. The van der Waals surface area contributed by atoms with Gasteiger partial charge < -0.3 is 10.5 Å². The maximum Gasteiger partial charge on any atom is 0.0792 e. The highest BCUT2D eigenvalue weighted by Gasteiger charge is 2.07. The maximum absolute atomic E-state index is 5.84. The fourth-order valence-corrected chi connectivity index (χ4v) is 1.02. The molecule has 0 aliphatic carbocycles. The maximum atomic E-state index is 5.84. The Balaban J connectivity index is 2.47. The zero-order chi connectivity index (χ0) is 8.97. The van der Waals surface area contributed by atoms with E-state index in [-0.39, 0.29) is 6.04 Å². The van der Waals surface area contributed by atoms with Gasteiger partial charge in [0.15, 0.2) is 0 Å². The van der Waals surface area contributed by atoms with Gasteiger partial charge in [-0.3, -0.25) is 4.68 Å². The van der Waals surface area contributed by atoms with Crippen LogP contribution in [-0.4, -0.2) is 23.5 Å². The molecule has 68 valence electrons. The topological polar surface area (TPSA) is 53.1 Å². The largest absolute Gasteiger partial charge is 0.385 e. The Labute approximate surface area is 72.3 Å². The van der Waals surface area contributed by atoms with Gasteiger partial charge in [-0.2, -0.15) is 5.10 Å². The fraction of sp³-hybridized carbons (Fsp3) is 0.625. The summed E-state index contributed by atoms with van der Waals surface area (Å²) < 4.78 is 6.68. The molecule has 0 saturated heterocycles. The van der Waals surface area contributed by atoms with E-state index in [9.17, 15) is 0 Å². The molecule has 0 aromatic carbocycles. The van der Waals surface area contributed by atoms with Gasteiger partial charge in [0.1, 0.15) is 0 Å². The van der Waals surface area contributed by atoms with Gasteiger partial charge in [-0.15, -0.1) is 0 Å². The van der Waals surface area contributed by atoms with Crippen molar-refractivity contribution in [2.75, 3.05) is 13.7 Å². The highest BCUT2D eigenvalue weighted by atomic mass is 16.5. The molecule has 4 nitrogen and oxygen atoms in total. The van der Waals surface area contributed by atoms with E-state index in [2.05, 4.69) is 5.10 Å². The van der Waals surface area contributed by atoms with Crippen molar-refractivity contribution in [1.29, 1.82) is 0 Å². The molecule has 0 radical (unpaired) electrons. The van der Waals surface area contributed by atoms with Crippen LogP contribution in [0.5, 0.6) is 0 Å². The van der Waals surface area contributed by atoms with E-state index in [1.807, 2.05) is 19.3 Å². The summed E-state index contributed by atoms with van der Waals surface area (Å²) in [6.07, 6.45) is 2.70. The summed E-state index contributed by atoms with van der Waals surface area (Å²) >= 11 is 0. The van der Waals surface area contributed by atoms with Gasteiger partial charge in [-0.1, -0.05) is 0 Å². The fourth-order valence-electron chi connectivity index (χ4n) is 1.02. The number of nitrogens with two attached hydrogens (primary N) is 1. The van der Waals surface area contributed by atoms with Crippen LogP contribution in [0.3, 0.4) is 0 Å². The van der Waals surface area contributed by atoms with Crippen LogP contribution in [0, 0.1) is 0 Å². The van der Waals surface area contributed by atoms with E-state index in [0.29, 0.717) is 6.61 Å². The third-order valence-corrected chi connectivity index (χ3v) is 1.75.